The first-order chi connectivity index (χ1) is 16.0. The summed E-state index contributed by atoms with van der Waals surface area (Å²) in [5.41, 5.74) is 5.05. The lowest BCUT2D eigenvalue weighted by Gasteiger charge is -2.10. The predicted molar refractivity (Wildman–Crippen MR) is 129 cm³/mol. The Kier molecular flexibility index (Phi) is 8.43. The highest BCUT2D eigenvalue weighted by Gasteiger charge is 2.10. The molecule has 0 radical (unpaired) electrons. The number of ether oxygens (including phenoxy) is 2. The van der Waals surface area contributed by atoms with Gasteiger partial charge in [0.05, 0.1) is 12.8 Å². The van der Waals surface area contributed by atoms with E-state index in [2.05, 4.69) is 15.8 Å². The fourth-order valence-corrected chi connectivity index (χ4v) is 3.04. The number of halogens is 1. The molecule has 170 valence electrons. The molecular weight excluding hydrogens is 442 g/mol. The molecule has 0 atom stereocenters. The zero-order valence-corrected chi connectivity index (χ0v) is 19.1. The van der Waals surface area contributed by atoms with Crippen molar-refractivity contribution in [1.82, 2.24) is 5.43 Å². The van der Waals surface area contributed by atoms with Crippen LogP contribution in [0.1, 0.15) is 28.4 Å². The van der Waals surface area contributed by atoms with E-state index in [0.29, 0.717) is 34.4 Å². The second-order valence-corrected chi connectivity index (χ2v) is 7.35. The summed E-state index contributed by atoms with van der Waals surface area (Å²) in [5, 5.41) is 7.35. The minimum atomic E-state index is -0.418. The molecule has 2 N–H and O–H groups in total. The number of hydrogen-bond acceptors (Lipinski definition) is 5. The van der Waals surface area contributed by atoms with Gasteiger partial charge in [0.15, 0.2) is 6.61 Å². The third kappa shape index (κ3) is 6.82. The monoisotopic (exact) mass is 465 g/mol. The molecule has 0 aliphatic heterocycles. The van der Waals surface area contributed by atoms with E-state index in [1.807, 2.05) is 38.1 Å². The van der Waals surface area contributed by atoms with Crippen LogP contribution in [0.4, 0.5) is 5.69 Å². The van der Waals surface area contributed by atoms with E-state index in [-0.39, 0.29) is 12.5 Å². The number of hydrazone groups is 1. The summed E-state index contributed by atoms with van der Waals surface area (Å²) in [4.78, 5) is 24.5. The number of carbonyl (C=O) groups is 2. The van der Waals surface area contributed by atoms with E-state index >= 15 is 0 Å². The molecule has 8 heteroatoms. The zero-order chi connectivity index (χ0) is 23.6. The van der Waals surface area contributed by atoms with Gasteiger partial charge in [-0.15, -0.1) is 0 Å². The molecule has 0 aliphatic rings. The smallest absolute Gasteiger partial charge is 0.277 e. The van der Waals surface area contributed by atoms with Gasteiger partial charge >= 0.3 is 0 Å². The fraction of sp³-hybridized carbons (Fsp3) is 0.160. The van der Waals surface area contributed by atoms with Crippen LogP contribution in [0, 0.1) is 6.92 Å². The summed E-state index contributed by atoms with van der Waals surface area (Å²) in [6.07, 6.45) is 1.51. The average molecular weight is 466 g/mol. The lowest BCUT2D eigenvalue weighted by Crippen LogP contribution is -2.24. The Morgan fingerprint density at radius 2 is 1.76 bits per heavy atom. The number of rotatable bonds is 9. The molecular formula is C25H24ClN3O4. The van der Waals surface area contributed by atoms with Crippen LogP contribution in [0.2, 0.25) is 5.02 Å². The van der Waals surface area contributed by atoms with Gasteiger partial charge in [-0.1, -0.05) is 29.8 Å². The van der Waals surface area contributed by atoms with E-state index < -0.39 is 5.91 Å². The van der Waals surface area contributed by atoms with Gasteiger partial charge in [0.2, 0.25) is 0 Å². The molecule has 0 heterocycles. The van der Waals surface area contributed by atoms with Gasteiger partial charge in [-0.25, -0.2) is 5.43 Å². The van der Waals surface area contributed by atoms with E-state index in [4.69, 9.17) is 21.1 Å². The lowest BCUT2D eigenvalue weighted by molar-refractivity contribution is -0.123. The number of nitrogens with one attached hydrogen (secondary N) is 2. The summed E-state index contributed by atoms with van der Waals surface area (Å²) in [5.74, 6) is 0.444. The molecule has 0 fully saturated rings. The van der Waals surface area contributed by atoms with Crippen LogP contribution in [0.25, 0.3) is 0 Å². The molecule has 0 aliphatic carbocycles. The largest absolute Gasteiger partial charge is 0.493 e. The van der Waals surface area contributed by atoms with Crippen molar-refractivity contribution in [3.8, 4) is 11.5 Å². The maximum Gasteiger partial charge on any atom is 0.277 e. The molecule has 0 spiro atoms. The van der Waals surface area contributed by atoms with Gasteiger partial charge in [0.1, 0.15) is 11.5 Å². The fourth-order valence-electron chi connectivity index (χ4n) is 2.87. The van der Waals surface area contributed by atoms with Crippen LogP contribution >= 0.6 is 11.6 Å². The minimum Gasteiger partial charge on any atom is -0.493 e. The number of para-hydroxylation sites is 1. The molecule has 0 saturated carbocycles. The Hall–Kier alpha value is -3.84. The van der Waals surface area contributed by atoms with Gasteiger partial charge in [-0.05, 0) is 67.9 Å². The topological polar surface area (TPSA) is 89.0 Å². The maximum absolute atomic E-state index is 12.5. The first-order valence-corrected chi connectivity index (χ1v) is 10.7. The summed E-state index contributed by atoms with van der Waals surface area (Å²) < 4.78 is 11.0. The Balaban J connectivity index is 1.49. The van der Waals surface area contributed by atoms with Crippen LogP contribution in [-0.2, 0) is 4.79 Å². The average Bonchev–Trinajstić information content (AvgIpc) is 2.82. The molecule has 0 aromatic heterocycles. The summed E-state index contributed by atoms with van der Waals surface area (Å²) in [6, 6.07) is 19.2. The van der Waals surface area contributed by atoms with E-state index in [0.717, 1.165) is 11.1 Å². The molecule has 3 aromatic carbocycles. The molecule has 3 aromatic rings. The van der Waals surface area contributed by atoms with Gasteiger partial charge in [-0.2, -0.15) is 5.10 Å². The van der Waals surface area contributed by atoms with E-state index in [1.165, 1.54) is 6.21 Å². The van der Waals surface area contributed by atoms with Gasteiger partial charge < -0.3 is 14.8 Å². The van der Waals surface area contributed by atoms with Crippen molar-refractivity contribution in [2.45, 2.75) is 13.8 Å². The van der Waals surface area contributed by atoms with Crippen molar-refractivity contribution in [3.63, 3.8) is 0 Å². The standard InChI is InChI=1S/C25H24ClN3O4/c1-3-32-23-10-5-4-7-19(23)15-27-29-24(30)16-33-20-13-11-18(12-14-20)25(31)28-22-9-6-8-21(26)17(22)2/h4-15H,3,16H2,1-2H3,(H,28,31)(H,29,30)/b27-15-. The third-order valence-corrected chi connectivity index (χ3v) is 5.02. The lowest BCUT2D eigenvalue weighted by atomic mass is 10.1. The number of benzene rings is 3. The van der Waals surface area contributed by atoms with Crippen LogP contribution in [0.5, 0.6) is 11.5 Å². The Morgan fingerprint density at radius 1 is 1.00 bits per heavy atom. The number of hydrogen-bond donors (Lipinski definition) is 2. The number of anilines is 1. The zero-order valence-electron chi connectivity index (χ0n) is 18.3. The van der Waals surface area contributed by atoms with Crippen LogP contribution in [0.3, 0.4) is 0 Å². The van der Waals surface area contributed by atoms with Crippen LogP contribution in [0.15, 0.2) is 71.8 Å². The highest BCUT2D eigenvalue weighted by Crippen LogP contribution is 2.23. The second-order valence-electron chi connectivity index (χ2n) is 6.94. The number of carbonyl (C=O) groups excluding carboxylic acids is 2. The predicted octanol–water partition coefficient (Wildman–Crippen LogP) is 4.83. The van der Waals surface area contributed by atoms with Crippen molar-refractivity contribution in [2.75, 3.05) is 18.5 Å². The van der Waals surface area contributed by atoms with Crippen molar-refractivity contribution in [1.29, 1.82) is 0 Å². The first-order valence-electron chi connectivity index (χ1n) is 10.3. The van der Waals surface area contributed by atoms with E-state index in [1.54, 1.807) is 42.5 Å². The number of amides is 2. The highest BCUT2D eigenvalue weighted by molar-refractivity contribution is 6.31. The maximum atomic E-state index is 12.5. The van der Waals surface area contributed by atoms with Gasteiger partial charge in [-0.3, -0.25) is 9.59 Å². The Labute approximate surface area is 197 Å². The van der Waals surface area contributed by atoms with Gasteiger partial charge in [0, 0.05) is 21.8 Å². The van der Waals surface area contributed by atoms with Crippen molar-refractivity contribution in [3.05, 3.63) is 88.4 Å². The highest BCUT2D eigenvalue weighted by atomic mass is 35.5. The Bertz CT molecular complexity index is 1150. The Morgan fingerprint density at radius 3 is 2.52 bits per heavy atom. The summed E-state index contributed by atoms with van der Waals surface area (Å²) in [6.45, 7) is 4.04. The number of nitrogens with zero attached hydrogens (tertiary/aromatic N) is 1. The van der Waals surface area contributed by atoms with Crippen LogP contribution in [-0.4, -0.2) is 31.2 Å². The SMILES string of the molecule is CCOc1ccccc1/C=N\NC(=O)COc1ccc(C(=O)Nc2cccc(Cl)c2C)cc1. The normalized spacial score (nSPS) is 10.6. The molecule has 7 nitrogen and oxygen atoms in total. The van der Waals surface area contributed by atoms with Gasteiger partial charge in [0.25, 0.3) is 11.8 Å². The minimum absolute atomic E-state index is 0.225. The van der Waals surface area contributed by atoms with Crippen LogP contribution < -0.4 is 20.2 Å². The molecule has 3 rings (SSSR count). The van der Waals surface area contributed by atoms with Crippen molar-refractivity contribution in [2.24, 2.45) is 5.10 Å². The molecule has 33 heavy (non-hydrogen) atoms. The van der Waals surface area contributed by atoms with Crippen molar-refractivity contribution >= 4 is 35.3 Å². The molecule has 0 bridgehead atoms. The first kappa shape index (κ1) is 23.8. The molecule has 0 unspecified atom stereocenters. The summed E-state index contributed by atoms with van der Waals surface area (Å²) in [7, 11) is 0. The summed E-state index contributed by atoms with van der Waals surface area (Å²) >= 11 is 6.09. The second kappa shape index (κ2) is 11.7. The quantitative estimate of drug-likeness (QED) is 0.350. The van der Waals surface area contributed by atoms with E-state index in [9.17, 15) is 9.59 Å². The third-order valence-electron chi connectivity index (χ3n) is 4.61. The molecule has 2 amide bonds. The van der Waals surface area contributed by atoms with Crippen molar-refractivity contribution < 1.29 is 19.1 Å². The molecule has 0 saturated heterocycles.